The van der Waals surface area contributed by atoms with Crippen LogP contribution in [0, 0.1) is 6.92 Å². The van der Waals surface area contributed by atoms with Gasteiger partial charge in [0.15, 0.2) is 0 Å². The number of aryl methyl sites for hydroxylation is 1. The van der Waals surface area contributed by atoms with Crippen molar-refractivity contribution in [1.82, 2.24) is 0 Å². The first-order chi connectivity index (χ1) is 11.8. The van der Waals surface area contributed by atoms with Crippen molar-refractivity contribution in [3.63, 3.8) is 0 Å². The van der Waals surface area contributed by atoms with E-state index in [9.17, 15) is 4.79 Å². The molecule has 0 fully saturated rings. The third-order valence-electron chi connectivity index (χ3n) is 3.56. The van der Waals surface area contributed by atoms with E-state index >= 15 is 0 Å². The molecule has 0 spiro atoms. The molecule has 2 aromatic rings. The second-order valence-electron chi connectivity index (χ2n) is 6.54. The van der Waals surface area contributed by atoms with E-state index in [1.165, 1.54) is 7.11 Å². The van der Waals surface area contributed by atoms with Crippen LogP contribution in [-0.4, -0.2) is 25.3 Å². The van der Waals surface area contributed by atoms with Crippen molar-refractivity contribution in [3.8, 4) is 22.6 Å². The molecule has 2 rings (SSSR count). The Hall–Kier alpha value is -2.49. The smallest absolute Gasteiger partial charge is 0.337 e. The van der Waals surface area contributed by atoms with Gasteiger partial charge in [0.05, 0.1) is 24.9 Å². The fourth-order valence-electron chi connectivity index (χ4n) is 2.54. The van der Waals surface area contributed by atoms with E-state index in [1.807, 2.05) is 58.9 Å². The van der Waals surface area contributed by atoms with E-state index < -0.39 is 0 Å². The highest BCUT2D eigenvalue weighted by Crippen LogP contribution is 2.38. The Bertz CT molecular complexity index is 748. The van der Waals surface area contributed by atoms with Gasteiger partial charge in [-0.3, -0.25) is 0 Å². The minimum Gasteiger partial charge on any atom is -0.490 e. The zero-order chi connectivity index (χ0) is 18.6. The van der Waals surface area contributed by atoms with E-state index in [0.29, 0.717) is 11.3 Å². The summed E-state index contributed by atoms with van der Waals surface area (Å²) in [6.07, 6.45) is 0.0379. The molecule has 0 amide bonds. The molecule has 0 N–H and O–H groups in total. The Morgan fingerprint density at radius 3 is 1.88 bits per heavy atom. The van der Waals surface area contributed by atoms with Gasteiger partial charge in [0.2, 0.25) is 0 Å². The molecule has 134 valence electrons. The number of ether oxygens (including phenoxy) is 3. The SMILES string of the molecule is COC(=O)c1ccc(-c2ccc(C)cc2OC(C)C)c(OC(C)C)c1. The zero-order valence-corrected chi connectivity index (χ0v) is 15.8. The van der Waals surface area contributed by atoms with Crippen molar-refractivity contribution in [2.24, 2.45) is 0 Å². The molecule has 0 aromatic heterocycles. The minimum absolute atomic E-state index is 0.0217. The maximum Gasteiger partial charge on any atom is 0.337 e. The maximum absolute atomic E-state index is 11.9. The maximum atomic E-state index is 11.9. The van der Waals surface area contributed by atoms with Gasteiger partial charge in [-0.25, -0.2) is 4.79 Å². The molecule has 0 aliphatic carbocycles. The first-order valence-electron chi connectivity index (χ1n) is 8.48. The van der Waals surface area contributed by atoms with Crippen molar-refractivity contribution in [3.05, 3.63) is 47.5 Å². The molecule has 0 aliphatic rings. The van der Waals surface area contributed by atoms with E-state index in [0.717, 1.165) is 22.4 Å². The Morgan fingerprint density at radius 1 is 0.840 bits per heavy atom. The molecule has 4 nitrogen and oxygen atoms in total. The lowest BCUT2D eigenvalue weighted by molar-refractivity contribution is 0.0600. The summed E-state index contributed by atoms with van der Waals surface area (Å²) >= 11 is 0. The minimum atomic E-state index is -0.386. The van der Waals surface area contributed by atoms with Crippen LogP contribution in [0.15, 0.2) is 36.4 Å². The van der Waals surface area contributed by atoms with Crippen molar-refractivity contribution >= 4 is 5.97 Å². The fourth-order valence-corrected chi connectivity index (χ4v) is 2.54. The van der Waals surface area contributed by atoms with Crippen LogP contribution in [0.25, 0.3) is 11.1 Å². The monoisotopic (exact) mass is 342 g/mol. The first kappa shape index (κ1) is 18.8. The number of carbonyl (C=O) groups excluding carboxylic acids is 1. The van der Waals surface area contributed by atoms with Crippen molar-refractivity contribution in [2.45, 2.75) is 46.8 Å². The number of rotatable bonds is 6. The number of methoxy groups -OCH3 is 1. The van der Waals surface area contributed by atoms with Crippen LogP contribution >= 0.6 is 0 Å². The predicted molar refractivity (Wildman–Crippen MR) is 99.5 cm³/mol. The summed E-state index contributed by atoms with van der Waals surface area (Å²) in [5.74, 6) is 1.05. The summed E-state index contributed by atoms with van der Waals surface area (Å²) in [5.41, 5.74) is 3.40. The molecular formula is C21H26O4. The largest absolute Gasteiger partial charge is 0.490 e. The van der Waals surface area contributed by atoms with Crippen LogP contribution in [0.5, 0.6) is 11.5 Å². The summed E-state index contributed by atoms with van der Waals surface area (Å²) in [6.45, 7) is 9.93. The van der Waals surface area contributed by atoms with Gasteiger partial charge in [-0.05, 0) is 64.4 Å². The topological polar surface area (TPSA) is 44.8 Å². The average Bonchev–Trinajstić information content (AvgIpc) is 2.53. The van der Waals surface area contributed by atoms with Crippen LogP contribution in [0.4, 0.5) is 0 Å². The molecule has 0 bridgehead atoms. The molecule has 0 aliphatic heterocycles. The Morgan fingerprint density at radius 2 is 1.36 bits per heavy atom. The zero-order valence-electron chi connectivity index (χ0n) is 15.8. The van der Waals surface area contributed by atoms with Gasteiger partial charge in [0.1, 0.15) is 11.5 Å². The van der Waals surface area contributed by atoms with E-state index in [1.54, 1.807) is 12.1 Å². The summed E-state index contributed by atoms with van der Waals surface area (Å²) in [6, 6.07) is 11.4. The van der Waals surface area contributed by atoms with Crippen LogP contribution < -0.4 is 9.47 Å². The van der Waals surface area contributed by atoms with Gasteiger partial charge in [-0.15, -0.1) is 0 Å². The predicted octanol–water partition coefficient (Wildman–Crippen LogP) is 5.02. The standard InChI is InChI=1S/C21H26O4/c1-13(2)24-19-11-15(5)7-9-17(19)18-10-8-16(21(22)23-6)12-20(18)25-14(3)4/h7-14H,1-6H3. The molecule has 25 heavy (non-hydrogen) atoms. The van der Waals surface area contributed by atoms with Crippen molar-refractivity contribution < 1.29 is 19.0 Å². The molecule has 0 unspecified atom stereocenters. The molecule has 0 saturated carbocycles. The third kappa shape index (κ3) is 4.75. The average molecular weight is 342 g/mol. The molecule has 0 saturated heterocycles. The van der Waals surface area contributed by atoms with Crippen LogP contribution in [-0.2, 0) is 4.74 Å². The Kier molecular flexibility index (Phi) is 6.07. The molecule has 2 aromatic carbocycles. The Balaban J connectivity index is 2.59. The van der Waals surface area contributed by atoms with Crippen LogP contribution in [0.3, 0.4) is 0 Å². The van der Waals surface area contributed by atoms with Crippen LogP contribution in [0.1, 0.15) is 43.6 Å². The van der Waals surface area contributed by atoms with Crippen LogP contribution in [0.2, 0.25) is 0 Å². The normalized spacial score (nSPS) is 10.9. The summed E-state index contributed by atoms with van der Waals surface area (Å²) < 4.78 is 16.8. The number of carbonyl (C=O) groups is 1. The fraction of sp³-hybridized carbons (Fsp3) is 0.381. The summed E-state index contributed by atoms with van der Waals surface area (Å²) in [5, 5.41) is 0. The van der Waals surface area contributed by atoms with Gasteiger partial charge >= 0.3 is 5.97 Å². The lowest BCUT2D eigenvalue weighted by Crippen LogP contribution is -2.10. The lowest BCUT2D eigenvalue weighted by Gasteiger charge is -2.19. The second-order valence-corrected chi connectivity index (χ2v) is 6.54. The van der Waals surface area contributed by atoms with Crippen molar-refractivity contribution in [2.75, 3.05) is 7.11 Å². The lowest BCUT2D eigenvalue weighted by atomic mass is 10.00. The third-order valence-corrected chi connectivity index (χ3v) is 3.56. The quantitative estimate of drug-likeness (QED) is 0.691. The molecule has 0 radical (unpaired) electrons. The van der Waals surface area contributed by atoms with E-state index in [4.69, 9.17) is 14.2 Å². The number of esters is 1. The van der Waals surface area contributed by atoms with E-state index in [-0.39, 0.29) is 18.2 Å². The second kappa shape index (κ2) is 8.06. The molecule has 0 atom stereocenters. The number of hydrogen-bond donors (Lipinski definition) is 0. The van der Waals surface area contributed by atoms with Gasteiger partial charge in [-0.1, -0.05) is 12.1 Å². The summed E-state index contributed by atoms with van der Waals surface area (Å²) in [7, 11) is 1.37. The summed E-state index contributed by atoms with van der Waals surface area (Å²) in [4.78, 5) is 11.9. The highest BCUT2D eigenvalue weighted by Gasteiger charge is 2.17. The molecule has 0 heterocycles. The highest BCUT2D eigenvalue weighted by molar-refractivity contribution is 5.91. The molecular weight excluding hydrogens is 316 g/mol. The van der Waals surface area contributed by atoms with E-state index in [2.05, 4.69) is 0 Å². The van der Waals surface area contributed by atoms with Gasteiger partial charge in [-0.2, -0.15) is 0 Å². The molecule has 4 heteroatoms. The number of benzene rings is 2. The number of hydrogen-bond acceptors (Lipinski definition) is 4. The Labute approximate surface area is 149 Å². The van der Waals surface area contributed by atoms with Gasteiger partial charge < -0.3 is 14.2 Å². The van der Waals surface area contributed by atoms with Crippen molar-refractivity contribution in [1.29, 1.82) is 0 Å². The highest BCUT2D eigenvalue weighted by atomic mass is 16.5. The van der Waals surface area contributed by atoms with Gasteiger partial charge in [0.25, 0.3) is 0 Å². The van der Waals surface area contributed by atoms with Gasteiger partial charge in [0, 0.05) is 11.1 Å². The first-order valence-corrected chi connectivity index (χ1v) is 8.48.